The second-order valence-electron chi connectivity index (χ2n) is 9.99. The zero-order chi connectivity index (χ0) is 23.7. The van der Waals surface area contributed by atoms with Crippen molar-refractivity contribution in [2.45, 2.75) is 54.9 Å². The van der Waals surface area contributed by atoms with Crippen molar-refractivity contribution in [3.05, 3.63) is 65.7 Å². The SMILES string of the molecule is C=CCN1CC[C@]23c4c5ccc(O)c4OC2C(NC(=O)c2cccc(OC)c2)CC[C@@]3(O)[C@H]1C5. The molecular formula is C27H30N2O5. The summed E-state index contributed by atoms with van der Waals surface area (Å²) >= 11 is 0. The quantitative estimate of drug-likeness (QED) is 0.592. The summed E-state index contributed by atoms with van der Waals surface area (Å²) in [6.45, 7) is 5.42. The van der Waals surface area contributed by atoms with E-state index >= 15 is 0 Å². The maximum atomic E-state index is 13.2. The highest BCUT2D eigenvalue weighted by atomic mass is 16.5. The highest BCUT2D eigenvalue weighted by molar-refractivity contribution is 5.94. The minimum absolute atomic E-state index is 0.0663. The molecule has 1 spiro atoms. The first kappa shape index (κ1) is 21.5. The first-order valence-electron chi connectivity index (χ1n) is 12.0. The van der Waals surface area contributed by atoms with Gasteiger partial charge in [-0.3, -0.25) is 9.69 Å². The molecule has 1 saturated carbocycles. The minimum atomic E-state index is -1.01. The molecule has 2 aliphatic heterocycles. The molecule has 5 atom stereocenters. The Balaban J connectivity index is 1.41. The molecule has 7 nitrogen and oxygen atoms in total. The molecule has 2 bridgehead atoms. The van der Waals surface area contributed by atoms with Gasteiger partial charge in [-0.2, -0.15) is 0 Å². The summed E-state index contributed by atoms with van der Waals surface area (Å²) in [7, 11) is 1.57. The van der Waals surface area contributed by atoms with E-state index in [0.29, 0.717) is 49.3 Å². The van der Waals surface area contributed by atoms with Crippen LogP contribution in [0.2, 0.25) is 0 Å². The molecule has 2 unspecified atom stereocenters. The van der Waals surface area contributed by atoms with Crippen LogP contribution in [0.4, 0.5) is 0 Å². The van der Waals surface area contributed by atoms with E-state index in [1.807, 2.05) is 12.1 Å². The average Bonchev–Trinajstić information content (AvgIpc) is 3.20. The van der Waals surface area contributed by atoms with Gasteiger partial charge in [-0.05, 0) is 62.1 Å². The van der Waals surface area contributed by atoms with Crippen LogP contribution in [0.15, 0.2) is 49.1 Å². The van der Waals surface area contributed by atoms with E-state index in [4.69, 9.17) is 9.47 Å². The van der Waals surface area contributed by atoms with Crippen LogP contribution >= 0.6 is 0 Å². The summed E-state index contributed by atoms with van der Waals surface area (Å²) in [5.74, 6) is 0.980. The largest absolute Gasteiger partial charge is 0.504 e. The molecule has 1 saturated heterocycles. The van der Waals surface area contributed by atoms with Crippen LogP contribution in [0, 0.1) is 0 Å². The van der Waals surface area contributed by atoms with Crippen LogP contribution in [0.5, 0.6) is 17.2 Å². The predicted molar refractivity (Wildman–Crippen MR) is 127 cm³/mol. The van der Waals surface area contributed by atoms with Gasteiger partial charge in [0.05, 0.1) is 24.2 Å². The molecule has 178 valence electrons. The number of phenolic OH excluding ortho intramolecular Hbond substituents is 1. The normalized spacial score (nSPS) is 32.9. The Morgan fingerprint density at radius 3 is 3.00 bits per heavy atom. The first-order valence-corrected chi connectivity index (χ1v) is 12.0. The Hall–Kier alpha value is -3.03. The first-order chi connectivity index (χ1) is 16.4. The summed E-state index contributed by atoms with van der Waals surface area (Å²) in [6, 6.07) is 10.3. The number of ether oxygens (including phenoxy) is 2. The Labute approximate surface area is 199 Å². The Bertz CT molecular complexity index is 1180. The number of amides is 1. The lowest BCUT2D eigenvalue weighted by Crippen LogP contribution is -2.78. The zero-order valence-corrected chi connectivity index (χ0v) is 19.3. The number of carbonyl (C=O) groups is 1. The van der Waals surface area contributed by atoms with E-state index in [2.05, 4.69) is 16.8 Å². The Kier molecular flexibility index (Phi) is 4.73. The predicted octanol–water partition coefficient (Wildman–Crippen LogP) is 2.54. The van der Waals surface area contributed by atoms with Crippen molar-refractivity contribution in [2.75, 3.05) is 20.2 Å². The molecule has 2 fully saturated rings. The fourth-order valence-corrected chi connectivity index (χ4v) is 7.18. The van der Waals surface area contributed by atoms with Gasteiger partial charge in [0.25, 0.3) is 5.91 Å². The van der Waals surface area contributed by atoms with Gasteiger partial charge in [-0.25, -0.2) is 0 Å². The van der Waals surface area contributed by atoms with Crippen molar-refractivity contribution in [1.29, 1.82) is 0 Å². The second kappa shape index (κ2) is 7.48. The van der Waals surface area contributed by atoms with Crippen molar-refractivity contribution < 1.29 is 24.5 Å². The monoisotopic (exact) mass is 462 g/mol. The molecule has 6 rings (SSSR count). The molecular weight excluding hydrogens is 432 g/mol. The Morgan fingerprint density at radius 1 is 1.35 bits per heavy atom. The molecule has 1 amide bonds. The minimum Gasteiger partial charge on any atom is -0.504 e. The van der Waals surface area contributed by atoms with Crippen molar-refractivity contribution in [3.8, 4) is 17.2 Å². The lowest BCUT2D eigenvalue weighted by Gasteiger charge is -2.64. The van der Waals surface area contributed by atoms with E-state index < -0.39 is 17.1 Å². The van der Waals surface area contributed by atoms with Crippen molar-refractivity contribution in [2.24, 2.45) is 0 Å². The maximum Gasteiger partial charge on any atom is 0.251 e. The number of aliphatic hydroxyl groups is 1. The van der Waals surface area contributed by atoms with Crippen LogP contribution in [0.25, 0.3) is 0 Å². The van der Waals surface area contributed by atoms with Crippen molar-refractivity contribution >= 4 is 5.91 Å². The third-order valence-corrected chi connectivity index (χ3v) is 8.58. The van der Waals surface area contributed by atoms with Crippen LogP contribution in [0.1, 0.15) is 40.7 Å². The fourth-order valence-electron chi connectivity index (χ4n) is 7.18. The molecule has 3 N–H and O–H groups in total. The van der Waals surface area contributed by atoms with Crippen LogP contribution < -0.4 is 14.8 Å². The summed E-state index contributed by atoms with van der Waals surface area (Å²) in [6.07, 6.45) is 3.95. The number of nitrogens with one attached hydrogen (secondary N) is 1. The lowest BCUT2D eigenvalue weighted by atomic mass is 9.48. The zero-order valence-electron chi connectivity index (χ0n) is 19.3. The number of piperidine rings is 1. The molecule has 2 aromatic carbocycles. The van der Waals surface area contributed by atoms with E-state index in [1.54, 1.807) is 37.4 Å². The molecule has 2 heterocycles. The molecule has 0 aromatic heterocycles. The number of methoxy groups -OCH3 is 1. The van der Waals surface area contributed by atoms with E-state index in [9.17, 15) is 15.0 Å². The molecule has 4 aliphatic rings. The number of phenols is 1. The molecule has 2 aromatic rings. The standard InChI is InChI=1S/C27H30N2O5/c1-3-12-29-13-11-26-22-16-7-8-20(30)23(22)34-24(26)19(9-10-27(26,32)21(29)15-16)28-25(31)17-5-4-6-18(14-17)33-2/h3-8,14,19,21,24,30,32H,1,9-13,15H2,2H3,(H,28,31)/t19?,21-,24?,26+,27-/m1/s1. The van der Waals surface area contributed by atoms with Gasteiger partial charge in [-0.1, -0.05) is 18.2 Å². The van der Waals surface area contributed by atoms with Crippen LogP contribution in [0.3, 0.4) is 0 Å². The number of benzene rings is 2. The average molecular weight is 463 g/mol. The highest BCUT2D eigenvalue weighted by Crippen LogP contribution is 2.65. The molecule has 34 heavy (non-hydrogen) atoms. The van der Waals surface area contributed by atoms with Gasteiger partial charge in [0.2, 0.25) is 0 Å². The highest BCUT2D eigenvalue weighted by Gasteiger charge is 2.72. The van der Waals surface area contributed by atoms with Gasteiger partial charge in [-0.15, -0.1) is 6.58 Å². The smallest absolute Gasteiger partial charge is 0.251 e. The number of carbonyl (C=O) groups excluding carboxylic acids is 1. The van der Waals surface area contributed by atoms with E-state index in [-0.39, 0.29) is 23.7 Å². The number of nitrogens with zero attached hydrogens (tertiary/aromatic N) is 1. The number of hydrogen-bond donors (Lipinski definition) is 3. The summed E-state index contributed by atoms with van der Waals surface area (Å²) in [4.78, 5) is 15.5. The molecule has 7 heteroatoms. The molecule has 0 radical (unpaired) electrons. The van der Waals surface area contributed by atoms with Gasteiger partial charge < -0.3 is 25.0 Å². The Morgan fingerprint density at radius 2 is 2.21 bits per heavy atom. The third kappa shape index (κ3) is 2.68. The van der Waals surface area contributed by atoms with E-state index in [0.717, 1.165) is 17.7 Å². The maximum absolute atomic E-state index is 13.2. The fraction of sp³-hybridized carbons (Fsp3) is 0.444. The number of likely N-dealkylation sites (tertiary alicyclic amines) is 1. The summed E-state index contributed by atoms with van der Waals surface area (Å²) in [5, 5.41) is 26.3. The van der Waals surface area contributed by atoms with Gasteiger partial charge in [0.15, 0.2) is 11.5 Å². The number of hydrogen-bond acceptors (Lipinski definition) is 6. The second-order valence-corrected chi connectivity index (χ2v) is 9.99. The van der Waals surface area contributed by atoms with Crippen LogP contribution in [-0.2, 0) is 11.8 Å². The molecule has 2 aliphatic carbocycles. The topological polar surface area (TPSA) is 91.3 Å². The summed E-state index contributed by atoms with van der Waals surface area (Å²) < 4.78 is 11.7. The van der Waals surface area contributed by atoms with Gasteiger partial charge in [0.1, 0.15) is 11.9 Å². The number of rotatable bonds is 5. The van der Waals surface area contributed by atoms with E-state index in [1.165, 1.54) is 0 Å². The van der Waals surface area contributed by atoms with Gasteiger partial charge in [0, 0.05) is 23.7 Å². The van der Waals surface area contributed by atoms with Crippen molar-refractivity contribution in [1.82, 2.24) is 10.2 Å². The van der Waals surface area contributed by atoms with Gasteiger partial charge >= 0.3 is 0 Å². The lowest BCUT2D eigenvalue weighted by molar-refractivity contribution is -0.188. The van der Waals surface area contributed by atoms with Crippen LogP contribution in [-0.4, -0.2) is 65.0 Å². The third-order valence-electron chi connectivity index (χ3n) is 8.58. The number of aromatic hydroxyl groups is 1. The summed E-state index contributed by atoms with van der Waals surface area (Å²) in [5.41, 5.74) is 0.872. The van der Waals surface area contributed by atoms with Crippen molar-refractivity contribution in [3.63, 3.8) is 0 Å².